The molecule has 0 radical (unpaired) electrons. The largest absolute Gasteiger partial charge is 0.396 e. The summed E-state index contributed by atoms with van der Waals surface area (Å²) in [5.74, 6) is 2.86. The van der Waals surface area contributed by atoms with Crippen LogP contribution < -0.4 is 10.6 Å². The number of nitrogens with one attached hydrogen (secondary N) is 2. The van der Waals surface area contributed by atoms with E-state index in [1.54, 1.807) is 0 Å². The van der Waals surface area contributed by atoms with Gasteiger partial charge in [-0.05, 0) is 26.2 Å². The van der Waals surface area contributed by atoms with Crippen LogP contribution in [-0.4, -0.2) is 34.8 Å². The Balaban J connectivity index is 2.57. The number of nitrogens with zero attached hydrogens (tertiary/aromatic N) is 2. The van der Waals surface area contributed by atoms with Crippen LogP contribution in [-0.2, 0) is 0 Å². The Labute approximate surface area is 103 Å². The van der Waals surface area contributed by atoms with Gasteiger partial charge in [-0.2, -0.15) is 0 Å². The van der Waals surface area contributed by atoms with Crippen LogP contribution in [0.2, 0.25) is 0 Å². The average molecular weight is 238 g/mol. The quantitative estimate of drug-likeness (QED) is 0.674. The van der Waals surface area contributed by atoms with Gasteiger partial charge in [-0.15, -0.1) is 0 Å². The Morgan fingerprint density at radius 1 is 1.29 bits per heavy atom. The summed E-state index contributed by atoms with van der Waals surface area (Å²) in [6.07, 6.45) is 0.803. The Kier molecular flexibility index (Phi) is 5.69. The fourth-order valence-corrected chi connectivity index (χ4v) is 1.53. The van der Waals surface area contributed by atoms with E-state index in [0.29, 0.717) is 5.92 Å². The molecule has 17 heavy (non-hydrogen) atoms. The molecule has 1 unspecified atom stereocenters. The molecule has 0 saturated heterocycles. The minimum atomic E-state index is 0.230. The monoisotopic (exact) mass is 238 g/mol. The zero-order valence-electron chi connectivity index (χ0n) is 10.8. The van der Waals surface area contributed by atoms with Crippen LogP contribution in [0.1, 0.15) is 26.1 Å². The number of hydrogen-bond donors (Lipinski definition) is 3. The SMILES string of the molecule is CCNc1cc(NCC(C)CCO)nc(C)n1. The van der Waals surface area contributed by atoms with Crippen molar-refractivity contribution in [2.45, 2.75) is 27.2 Å². The molecule has 0 aromatic carbocycles. The van der Waals surface area contributed by atoms with E-state index in [1.165, 1.54) is 0 Å². The molecule has 5 heteroatoms. The molecule has 0 saturated carbocycles. The van der Waals surface area contributed by atoms with Crippen molar-refractivity contribution in [2.24, 2.45) is 5.92 Å². The summed E-state index contributed by atoms with van der Waals surface area (Å²) in [6, 6.07) is 1.90. The van der Waals surface area contributed by atoms with Crippen LogP contribution in [0.25, 0.3) is 0 Å². The lowest BCUT2D eigenvalue weighted by Crippen LogP contribution is -2.14. The van der Waals surface area contributed by atoms with Gasteiger partial charge in [-0.3, -0.25) is 0 Å². The van der Waals surface area contributed by atoms with Crippen LogP contribution in [0.15, 0.2) is 6.07 Å². The van der Waals surface area contributed by atoms with Crippen LogP contribution in [0.3, 0.4) is 0 Å². The number of hydrogen-bond acceptors (Lipinski definition) is 5. The fourth-order valence-electron chi connectivity index (χ4n) is 1.53. The lowest BCUT2D eigenvalue weighted by Gasteiger charge is -2.13. The van der Waals surface area contributed by atoms with Gasteiger partial charge >= 0.3 is 0 Å². The zero-order chi connectivity index (χ0) is 12.7. The number of aromatic nitrogens is 2. The highest BCUT2D eigenvalue weighted by atomic mass is 16.3. The van der Waals surface area contributed by atoms with E-state index in [1.807, 2.05) is 19.9 Å². The number of aliphatic hydroxyl groups is 1. The van der Waals surface area contributed by atoms with Crippen molar-refractivity contribution in [3.63, 3.8) is 0 Å². The fraction of sp³-hybridized carbons (Fsp3) is 0.667. The van der Waals surface area contributed by atoms with Crippen molar-refractivity contribution in [1.29, 1.82) is 0 Å². The Bertz CT molecular complexity index is 343. The third-order valence-corrected chi connectivity index (χ3v) is 2.45. The molecule has 1 aromatic heterocycles. The average Bonchev–Trinajstić information content (AvgIpc) is 2.26. The number of aryl methyl sites for hydroxylation is 1. The zero-order valence-corrected chi connectivity index (χ0v) is 10.8. The van der Waals surface area contributed by atoms with Crippen molar-refractivity contribution < 1.29 is 5.11 Å². The maximum absolute atomic E-state index is 8.83. The molecule has 0 aliphatic carbocycles. The topological polar surface area (TPSA) is 70.1 Å². The van der Waals surface area contributed by atoms with E-state index in [2.05, 4.69) is 27.5 Å². The maximum atomic E-state index is 8.83. The highest BCUT2D eigenvalue weighted by molar-refractivity contribution is 5.47. The summed E-state index contributed by atoms with van der Waals surface area (Å²) in [4.78, 5) is 8.61. The minimum absolute atomic E-state index is 0.230. The lowest BCUT2D eigenvalue weighted by atomic mass is 10.1. The van der Waals surface area contributed by atoms with E-state index >= 15 is 0 Å². The van der Waals surface area contributed by atoms with Gasteiger partial charge in [-0.25, -0.2) is 9.97 Å². The first-order valence-electron chi connectivity index (χ1n) is 6.10. The highest BCUT2D eigenvalue weighted by Crippen LogP contribution is 2.12. The van der Waals surface area contributed by atoms with Gasteiger partial charge in [0.15, 0.2) is 0 Å². The number of rotatable bonds is 7. The van der Waals surface area contributed by atoms with Gasteiger partial charge in [0, 0.05) is 25.8 Å². The van der Waals surface area contributed by atoms with Gasteiger partial charge in [-0.1, -0.05) is 6.92 Å². The summed E-state index contributed by atoms with van der Waals surface area (Å²) < 4.78 is 0. The van der Waals surface area contributed by atoms with Crippen LogP contribution >= 0.6 is 0 Å². The maximum Gasteiger partial charge on any atom is 0.131 e. The van der Waals surface area contributed by atoms with E-state index in [-0.39, 0.29) is 6.61 Å². The summed E-state index contributed by atoms with van der Waals surface area (Å²) in [5.41, 5.74) is 0. The van der Waals surface area contributed by atoms with E-state index in [4.69, 9.17) is 5.11 Å². The molecule has 1 rings (SSSR count). The molecule has 3 N–H and O–H groups in total. The normalized spacial score (nSPS) is 12.2. The Morgan fingerprint density at radius 3 is 2.53 bits per heavy atom. The van der Waals surface area contributed by atoms with Crippen molar-refractivity contribution in [1.82, 2.24) is 9.97 Å². The summed E-state index contributed by atoms with van der Waals surface area (Å²) >= 11 is 0. The smallest absolute Gasteiger partial charge is 0.131 e. The molecule has 1 atom stereocenters. The third kappa shape index (κ3) is 4.99. The molecule has 5 nitrogen and oxygen atoms in total. The molecule has 0 aliphatic rings. The Hall–Kier alpha value is -1.36. The first kappa shape index (κ1) is 13.7. The number of aliphatic hydroxyl groups excluding tert-OH is 1. The second kappa shape index (κ2) is 7.06. The molecule has 96 valence electrons. The van der Waals surface area contributed by atoms with E-state index in [9.17, 15) is 0 Å². The predicted molar refractivity (Wildman–Crippen MR) is 70.3 cm³/mol. The van der Waals surface area contributed by atoms with Gasteiger partial charge < -0.3 is 15.7 Å². The van der Waals surface area contributed by atoms with Gasteiger partial charge in [0.2, 0.25) is 0 Å². The second-order valence-electron chi connectivity index (χ2n) is 4.21. The standard InChI is InChI=1S/C12H22N4O/c1-4-13-11-7-12(16-10(3)15-11)14-8-9(2)5-6-17/h7,9,17H,4-6,8H2,1-3H3,(H2,13,14,15,16). The van der Waals surface area contributed by atoms with Gasteiger partial charge in [0.25, 0.3) is 0 Å². The third-order valence-electron chi connectivity index (χ3n) is 2.45. The highest BCUT2D eigenvalue weighted by Gasteiger charge is 2.04. The molecule has 0 fully saturated rings. The molecule has 1 aromatic rings. The lowest BCUT2D eigenvalue weighted by molar-refractivity contribution is 0.266. The molecule has 0 bridgehead atoms. The van der Waals surface area contributed by atoms with Crippen molar-refractivity contribution >= 4 is 11.6 Å². The minimum Gasteiger partial charge on any atom is -0.396 e. The van der Waals surface area contributed by atoms with Crippen LogP contribution in [0.5, 0.6) is 0 Å². The molecular formula is C12H22N4O. The molecule has 0 aliphatic heterocycles. The molecule has 0 amide bonds. The van der Waals surface area contributed by atoms with Crippen LogP contribution in [0, 0.1) is 12.8 Å². The van der Waals surface area contributed by atoms with Gasteiger partial charge in [0.05, 0.1) is 0 Å². The molecular weight excluding hydrogens is 216 g/mol. The predicted octanol–water partition coefficient (Wildman–Crippen LogP) is 1.65. The molecule has 0 spiro atoms. The van der Waals surface area contributed by atoms with Crippen molar-refractivity contribution in [2.75, 3.05) is 30.3 Å². The molecule has 1 heterocycles. The van der Waals surface area contributed by atoms with Crippen molar-refractivity contribution in [3.05, 3.63) is 11.9 Å². The van der Waals surface area contributed by atoms with E-state index in [0.717, 1.165) is 37.0 Å². The first-order valence-corrected chi connectivity index (χ1v) is 6.10. The second-order valence-corrected chi connectivity index (χ2v) is 4.21. The summed E-state index contributed by atoms with van der Waals surface area (Å²) in [7, 11) is 0. The number of anilines is 2. The summed E-state index contributed by atoms with van der Waals surface area (Å²) in [5, 5.41) is 15.3. The Morgan fingerprint density at radius 2 is 1.94 bits per heavy atom. The summed E-state index contributed by atoms with van der Waals surface area (Å²) in [6.45, 7) is 7.90. The van der Waals surface area contributed by atoms with E-state index < -0.39 is 0 Å². The van der Waals surface area contributed by atoms with Crippen LogP contribution in [0.4, 0.5) is 11.6 Å². The van der Waals surface area contributed by atoms with Gasteiger partial charge in [0.1, 0.15) is 17.5 Å². The van der Waals surface area contributed by atoms with Crippen molar-refractivity contribution in [3.8, 4) is 0 Å². The first-order chi connectivity index (χ1) is 8.15.